The van der Waals surface area contributed by atoms with E-state index in [1.165, 1.54) is 59.3 Å². The van der Waals surface area contributed by atoms with Gasteiger partial charge in [-0.15, -0.1) is 0 Å². The molecule has 0 bridgehead atoms. The molecule has 0 atom stereocenters. The highest BCUT2D eigenvalue weighted by atomic mass is 16.5. The van der Waals surface area contributed by atoms with Gasteiger partial charge in [-0.25, -0.2) is 0 Å². The molecule has 0 radical (unpaired) electrons. The Morgan fingerprint density at radius 3 is 2.66 bits per heavy atom. The Balaban J connectivity index is 1.22. The molecule has 166 valence electrons. The van der Waals surface area contributed by atoms with Gasteiger partial charge in [-0.05, 0) is 54.5 Å². The first-order valence-corrected chi connectivity index (χ1v) is 11.9. The van der Waals surface area contributed by atoms with E-state index in [-0.39, 0.29) is 0 Å². The van der Waals surface area contributed by atoms with Gasteiger partial charge < -0.3 is 10.1 Å². The highest BCUT2D eigenvalue weighted by Crippen LogP contribution is 2.43. The first-order chi connectivity index (χ1) is 15.7. The lowest BCUT2D eigenvalue weighted by molar-refractivity contribution is 0.00791. The van der Waals surface area contributed by atoms with Crippen LogP contribution in [0.1, 0.15) is 36.9 Å². The molecule has 2 fully saturated rings. The molecule has 0 amide bonds. The summed E-state index contributed by atoms with van der Waals surface area (Å²) < 4.78 is 7.39. The van der Waals surface area contributed by atoms with Crippen molar-refractivity contribution in [3.63, 3.8) is 0 Å². The first-order valence-electron chi connectivity index (χ1n) is 11.9. The zero-order valence-electron chi connectivity index (χ0n) is 18.8. The maximum absolute atomic E-state index is 5.54. The Labute approximate surface area is 189 Å². The smallest absolute Gasteiger partial charge is 0.0594 e. The van der Waals surface area contributed by atoms with E-state index >= 15 is 0 Å². The number of hydrogen-bond donors (Lipinski definition) is 1. The maximum atomic E-state index is 5.54. The van der Waals surface area contributed by atoms with Crippen molar-refractivity contribution in [3.8, 4) is 22.3 Å². The van der Waals surface area contributed by atoms with Crippen LogP contribution in [0.15, 0.2) is 42.9 Å². The molecular formula is C26H31N5O. The van der Waals surface area contributed by atoms with Crippen LogP contribution in [0, 0.1) is 0 Å². The summed E-state index contributed by atoms with van der Waals surface area (Å²) in [4.78, 5) is 7.37. The van der Waals surface area contributed by atoms with Gasteiger partial charge in [0.15, 0.2) is 0 Å². The molecule has 1 saturated carbocycles. The van der Waals surface area contributed by atoms with Gasteiger partial charge in [0.05, 0.1) is 25.1 Å². The van der Waals surface area contributed by atoms with E-state index in [1.54, 1.807) is 0 Å². The summed E-state index contributed by atoms with van der Waals surface area (Å²) in [6.07, 6.45) is 11.9. The maximum Gasteiger partial charge on any atom is 0.0594 e. The third-order valence-corrected chi connectivity index (χ3v) is 7.42. The number of nitrogens with one attached hydrogen (secondary N) is 1. The van der Waals surface area contributed by atoms with Crippen molar-refractivity contribution in [2.75, 3.05) is 31.6 Å². The molecule has 6 nitrogen and oxygen atoms in total. The summed E-state index contributed by atoms with van der Waals surface area (Å²) >= 11 is 0. The Kier molecular flexibility index (Phi) is 5.20. The standard InChI is InChI=1S/C26H31N5O/c1-30-17-20(16-28-30)18-2-3-19-15-25-26(23(19)14-18)24(8-9-27-25)29-21-4-6-22(7-5-21)31-10-12-32-13-11-31/h2-3,8-9,14,16-17,21-22H,4-7,10-13,15H2,1H3,(H,27,29). The SMILES string of the molecule is Cn1cc(-c2ccc3c(c2)-c2c(NC4CCC(N5CCOCC5)CC4)ccnc2C3)cn1. The molecule has 1 aliphatic heterocycles. The zero-order valence-corrected chi connectivity index (χ0v) is 18.8. The Morgan fingerprint density at radius 2 is 1.88 bits per heavy atom. The summed E-state index contributed by atoms with van der Waals surface area (Å²) in [5.74, 6) is 0. The molecule has 0 unspecified atom stereocenters. The van der Waals surface area contributed by atoms with Gasteiger partial charge in [-0.1, -0.05) is 12.1 Å². The highest BCUT2D eigenvalue weighted by Gasteiger charge is 2.29. The van der Waals surface area contributed by atoms with Gasteiger partial charge in [0.25, 0.3) is 0 Å². The van der Waals surface area contributed by atoms with E-state index in [2.05, 4.69) is 45.8 Å². The molecule has 2 aliphatic carbocycles. The number of benzene rings is 1. The molecule has 1 saturated heterocycles. The van der Waals surface area contributed by atoms with Crippen LogP contribution < -0.4 is 5.32 Å². The summed E-state index contributed by atoms with van der Waals surface area (Å²) in [6, 6.07) is 10.2. The molecule has 3 heterocycles. The number of aryl methyl sites for hydroxylation is 1. The second-order valence-corrected chi connectivity index (χ2v) is 9.43. The molecule has 32 heavy (non-hydrogen) atoms. The van der Waals surface area contributed by atoms with Crippen LogP contribution in [0.2, 0.25) is 0 Å². The topological polar surface area (TPSA) is 55.2 Å². The average Bonchev–Trinajstić information content (AvgIpc) is 3.43. The molecule has 1 N–H and O–H groups in total. The lowest BCUT2D eigenvalue weighted by Gasteiger charge is -2.39. The van der Waals surface area contributed by atoms with Gasteiger partial charge in [-0.2, -0.15) is 5.10 Å². The van der Waals surface area contributed by atoms with Crippen LogP contribution in [0.4, 0.5) is 5.69 Å². The number of ether oxygens (including phenoxy) is 1. The summed E-state index contributed by atoms with van der Waals surface area (Å²) in [7, 11) is 1.96. The van der Waals surface area contributed by atoms with E-state index < -0.39 is 0 Å². The van der Waals surface area contributed by atoms with Gasteiger partial charge >= 0.3 is 0 Å². The van der Waals surface area contributed by atoms with Crippen LogP contribution in [-0.4, -0.2) is 58.1 Å². The Hall–Kier alpha value is -2.70. The monoisotopic (exact) mass is 429 g/mol. The number of pyridine rings is 1. The minimum atomic E-state index is 0.532. The van der Waals surface area contributed by atoms with Gasteiger partial charge in [0.1, 0.15) is 0 Å². The van der Waals surface area contributed by atoms with Crippen molar-refractivity contribution in [1.82, 2.24) is 19.7 Å². The third-order valence-electron chi connectivity index (χ3n) is 7.42. The molecule has 6 heteroatoms. The summed E-state index contributed by atoms with van der Waals surface area (Å²) in [5.41, 5.74) is 8.78. The molecular weight excluding hydrogens is 398 g/mol. The molecule has 3 aromatic rings. The minimum absolute atomic E-state index is 0.532. The van der Waals surface area contributed by atoms with Crippen LogP contribution in [-0.2, 0) is 18.2 Å². The van der Waals surface area contributed by atoms with Crippen LogP contribution in [0.3, 0.4) is 0 Å². The molecule has 1 aromatic carbocycles. The quantitative estimate of drug-likeness (QED) is 0.529. The second-order valence-electron chi connectivity index (χ2n) is 9.43. The number of rotatable bonds is 4. The van der Waals surface area contributed by atoms with Crippen LogP contribution in [0.25, 0.3) is 22.3 Å². The van der Waals surface area contributed by atoms with Crippen molar-refractivity contribution < 1.29 is 4.74 Å². The average molecular weight is 430 g/mol. The summed E-state index contributed by atoms with van der Waals surface area (Å²) in [5, 5.41) is 8.26. The van der Waals surface area contributed by atoms with Crippen molar-refractivity contribution >= 4 is 5.69 Å². The highest BCUT2D eigenvalue weighted by molar-refractivity contribution is 5.88. The fraction of sp³-hybridized carbons (Fsp3) is 0.462. The van der Waals surface area contributed by atoms with Gasteiger partial charge in [-0.3, -0.25) is 14.6 Å². The number of fused-ring (bicyclic) bond motifs is 3. The van der Waals surface area contributed by atoms with Gasteiger partial charge in [0, 0.05) is 67.8 Å². The molecule has 0 spiro atoms. The minimum Gasteiger partial charge on any atom is -0.382 e. The predicted octanol–water partition coefficient (Wildman–Crippen LogP) is 4.11. The van der Waals surface area contributed by atoms with E-state index in [0.29, 0.717) is 6.04 Å². The Morgan fingerprint density at radius 1 is 1.03 bits per heavy atom. The van der Waals surface area contributed by atoms with E-state index in [4.69, 9.17) is 9.72 Å². The van der Waals surface area contributed by atoms with Crippen LogP contribution in [0.5, 0.6) is 0 Å². The summed E-state index contributed by atoms with van der Waals surface area (Å²) in [6.45, 7) is 3.97. The fourth-order valence-corrected chi connectivity index (χ4v) is 5.70. The molecule has 3 aliphatic rings. The predicted molar refractivity (Wildman–Crippen MR) is 127 cm³/mol. The molecule has 2 aromatic heterocycles. The number of aromatic nitrogens is 3. The number of anilines is 1. The van der Waals surface area contributed by atoms with Gasteiger partial charge in [0.2, 0.25) is 0 Å². The first kappa shape index (κ1) is 19.9. The number of hydrogen-bond acceptors (Lipinski definition) is 5. The van der Waals surface area contributed by atoms with Crippen molar-refractivity contribution in [2.24, 2.45) is 7.05 Å². The number of morpholine rings is 1. The zero-order chi connectivity index (χ0) is 21.5. The lowest BCUT2D eigenvalue weighted by Crippen LogP contribution is -2.46. The normalized spacial score (nSPS) is 23.0. The van der Waals surface area contributed by atoms with E-state index in [0.717, 1.165) is 44.3 Å². The van der Waals surface area contributed by atoms with Crippen molar-refractivity contribution in [2.45, 2.75) is 44.2 Å². The number of nitrogens with zero attached hydrogens (tertiary/aromatic N) is 4. The third kappa shape index (κ3) is 3.71. The van der Waals surface area contributed by atoms with E-state index in [9.17, 15) is 0 Å². The van der Waals surface area contributed by atoms with E-state index in [1.807, 2.05) is 24.1 Å². The van der Waals surface area contributed by atoms with Crippen molar-refractivity contribution in [3.05, 3.63) is 54.1 Å². The van der Waals surface area contributed by atoms with Crippen molar-refractivity contribution in [1.29, 1.82) is 0 Å². The largest absolute Gasteiger partial charge is 0.382 e. The molecule has 6 rings (SSSR count). The van der Waals surface area contributed by atoms with Crippen LogP contribution >= 0.6 is 0 Å². The second kappa shape index (κ2) is 8.34. The lowest BCUT2D eigenvalue weighted by atomic mass is 9.89. The Bertz CT molecular complexity index is 1110. The fourth-order valence-electron chi connectivity index (χ4n) is 5.70.